The van der Waals surface area contributed by atoms with Crippen molar-refractivity contribution in [3.63, 3.8) is 0 Å². The van der Waals surface area contributed by atoms with Gasteiger partial charge >= 0.3 is 12.1 Å². The molecule has 0 saturated heterocycles. The smallest absolute Gasteiger partial charge is 0.329 e. The van der Waals surface area contributed by atoms with Crippen LogP contribution in [-0.4, -0.2) is 14.7 Å². The third-order valence-electron chi connectivity index (χ3n) is 3.68. The molecule has 0 atom stereocenters. The monoisotopic (exact) mass is 360 g/mol. The average Bonchev–Trinajstić information content (AvgIpc) is 3.11. The number of hydrogen-bond acceptors (Lipinski definition) is 5. The van der Waals surface area contributed by atoms with Gasteiger partial charge in [0.2, 0.25) is 5.82 Å². The van der Waals surface area contributed by atoms with Gasteiger partial charge in [0.25, 0.3) is 5.56 Å². The molecule has 3 aromatic rings. The lowest BCUT2D eigenvalue weighted by molar-refractivity contribution is -0.159. The van der Waals surface area contributed by atoms with Gasteiger partial charge in [0.1, 0.15) is 0 Å². The molecule has 0 N–H and O–H groups in total. The molecule has 0 bridgehead atoms. The number of aryl methyl sites for hydroxylation is 2. The van der Waals surface area contributed by atoms with Gasteiger partial charge in [-0.2, -0.15) is 23.4 Å². The van der Waals surface area contributed by atoms with Crippen LogP contribution in [0.3, 0.4) is 0 Å². The molecule has 3 rings (SSSR count). The summed E-state index contributed by atoms with van der Waals surface area (Å²) >= 11 is 0. The molecule has 0 saturated carbocycles. The fourth-order valence-corrected chi connectivity index (χ4v) is 2.38. The second-order valence-electron chi connectivity index (χ2n) is 5.39. The summed E-state index contributed by atoms with van der Waals surface area (Å²) in [6.07, 6.45) is -2.84. The molecule has 9 heteroatoms. The summed E-state index contributed by atoms with van der Waals surface area (Å²) in [5.74, 6) is -1.78. The molecule has 0 amide bonds. The molecular formula is C17H11F3N4O2. The van der Waals surface area contributed by atoms with E-state index in [2.05, 4.69) is 20.7 Å². The van der Waals surface area contributed by atoms with E-state index in [0.717, 1.165) is 11.6 Å². The molecule has 0 unspecified atom stereocenters. The molecular weight excluding hydrogens is 349 g/mol. The van der Waals surface area contributed by atoms with Crippen molar-refractivity contribution < 1.29 is 17.7 Å². The van der Waals surface area contributed by atoms with E-state index in [1.165, 1.54) is 16.8 Å². The highest BCUT2D eigenvalue weighted by Gasteiger charge is 2.38. The predicted molar refractivity (Wildman–Crippen MR) is 83.9 cm³/mol. The first-order chi connectivity index (χ1) is 12.4. The molecule has 2 heterocycles. The van der Waals surface area contributed by atoms with Crippen molar-refractivity contribution >= 4 is 0 Å². The Bertz CT molecular complexity index is 1030. The number of halogens is 3. The van der Waals surface area contributed by atoms with Gasteiger partial charge in [-0.05, 0) is 24.1 Å². The Hall–Kier alpha value is -3.41. The summed E-state index contributed by atoms with van der Waals surface area (Å²) in [4.78, 5) is 15.4. The predicted octanol–water partition coefficient (Wildman–Crippen LogP) is 3.03. The van der Waals surface area contributed by atoms with Crippen LogP contribution >= 0.6 is 0 Å². The van der Waals surface area contributed by atoms with Gasteiger partial charge in [-0.1, -0.05) is 23.4 Å². The van der Waals surface area contributed by atoms with E-state index in [4.69, 9.17) is 5.26 Å². The van der Waals surface area contributed by atoms with Crippen LogP contribution in [0.4, 0.5) is 13.2 Å². The van der Waals surface area contributed by atoms with Gasteiger partial charge in [-0.3, -0.25) is 4.79 Å². The summed E-state index contributed by atoms with van der Waals surface area (Å²) in [5, 5.41) is 12.3. The molecule has 0 aliphatic rings. The number of benzene rings is 1. The maximum Gasteiger partial charge on any atom is 0.471 e. The Morgan fingerprint density at radius 1 is 1.23 bits per heavy atom. The minimum absolute atomic E-state index is 0.128. The molecule has 132 valence electrons. The van der Waals surface area contributed by atoms with Gasteiger partial charge < -0.3 is 9.09 Å². The molecule has 0 spiro atoms. The van der Waals surface area contributed by atoms with Crippen LogP contribution in [0.15, 0.2) is 51.9 Å². The van der Waals surface area contributed by atoms with Gasteiger partial charge in [0, 0.05) is 24.4 Å². The first-order valence-corrected chi connectivity index (χ1v) is 7.48. The van der Waals surface area contributed by atoms with E-state index >= 15 is 0 Å². The minimum atomic E-state index is -4.74. The summed E-state index contributed by atoms with van der Waals surface area (Å²) in [6.45, 7) is 0.317. The van der Waals surface area contributed by atoms with E-state index in [0.29, 0.717) is 18.5 Å². The highest BCUT2D eigenvalue weighted by Crippen LogP contribution is 2.29. The Balaban J connectivity index is 1.79. The second-order valence-corrected chi connectivity index (χ2v) is 5.39. The normalized spacial score (nSPS) is 11.3. The summed E-state index contributed by atoms with van der Waals surface area (Å²) in [7, 11) is 0. The van der Waals surface area contributed by atoms with Crippen molar-refractivity contribution in [2.45, 2.75) is 19.1 Å². The lowest BCUT2D eigenvalue weighted by Gasteiger charge is -2.07. The third-order valence-corrected chi connectivity index (χ3v) is 3.68. The number of rotatable bonds is 4. The molecule has 0 aliphatic carbocycles. The van der Waals surface area contributed by atoms with Gasteiger partial charge in [0.05, 0.1) is 11.6 Å². The lowest BCUT2D eigenvalue weighted by atomic mass is 10.1. The van der Waals surface area contributed by atoms with Gasteiger partial charge in [-0.25, -0.2) is 0 Å². The summed E-state index contributed by atoms with van der Waals surface area (Å²) in [5.41, 5.74) is 1.04. The number of nitriles is 1. The van der Waals surface area contributed by atoms with Crippen LogP contribution in [0.25, 0.3) is 11.4 Å². The molecule has 1 aromatic carbocycles. The number of alkyl halides is 3. The van der Waals surface area contributed by atoms with E-state index in [1.807, 2.05) is 0 Å². The van der Waals surface area contributed by atoms with Crippen LogP contribution < -0.4 is 5.56 Å². The quantitative estimate of drug-likeness (QED) is 0.714. The first kappa shape index (κ1) is 17.4. The van der Waals surface area contributed by atoms with Crippen molar-refractivity contribution in [2.75, 3.05) is 0 Å². The van der Waals surface area contributed by atoms with Crippen LogP contribution in [-0.2, 0) is 19.1 Å². The molecule has 6 nitrogen and oxygen atoms in total. The molecule has 0 fully saturated rings. The Morgan fingerprint density at radius 3 is 2.65 bits per heavy atom. The zero-order valence-electron chi connectivity index (χ0n) is 13.2. The molecule has 0 aliphatic heterocycles. The zero-order valence-corrected chi connectivity index (χ0v) is 13.2. The van der Waals surface area contributed by atoms with Crippen molar-refractivity contribution in [3.8, 4) is 17.5 Å². The SMILES string of the molecule is N#Cc1ccccc1CCn1ccc(-c2noc(C(F)(F)F)n2)cc1=O. The average molecular weight is 360 g/mol. The second kappa shape index (κ2) is 6.84. The number of pyridine rings is 1. The van der Waals surface area contributed by atoms with Crippen molar-refractivity contribution in [3.05, 3.63) is 70.0 Å². The van der Waals surface area contributed by atoms with E-state index in [-0.39, 0.29) is 11.4 Å². The van der Waals surface area contributed by atoms with Crippen LogP contribution in [0, 0.1) is 11.3 Å². The highest BCUT2D eigenvalue weighted by molar-refractivity contribution is 5.52. The molecule has 2 aromatic heterocycles. The van der Waals surface area contributed by atoms with E-state index in [9.17, 15) is 18.0 Å². The van der Waals surface area contributed by atoms with Crippen molar-refractivity contribution in [2.24, 2.45) is 0 Å². The van der Waals surface area contributed by atoms with Crippen LogP contribution in [0.2, 0.25) is 0 Å². The first-order valence-electron chi connectivity index (χ1n) is 7.48. The maximum atomic E-state index is 12.5. The van der Waals surface area contributed by atoms with Crippen molar-refractivity contribution in [1.82, 2.24) is 14.7 Å². The summed E-state index contributed by atoms with van der Waals surface area (Å²) < 4.78 is 43.0. The van der Waals surface area contributed by atoms with Gasteiger partial charge in [0.15, 0.2) is 0 Å². The highest BCUT2D eigenvalue weighted by atomic mass is 19.4. The fraction of sp³-hybridized carbons (Fsp3) is 0.176. The van der Waals surface area contributed by atoms with E-state index in [1.54, 1.807) is 24.3 Å². The Labute approximate surface area is 145 Å². The Morgan fingerprint density at radius 2 is 2.00 bits per heavy atom. The third kappa shape index (κ3) is 3.64. The van der Waals surface area contributed by atoms with E-state index < -0.39 is 17.6 Å². The standard InChI is InChI=1S/C17H11F3N4O2/c18-17(19,20)16-22-15(23-26-16)12-6-8-24(14(25)9-12)7-5-11-3-1-2-4-13(11)10-21/h1-4,6,8-9H,5,7H2. The van der Waals surface area contributed by atoms with Crippen LogP contribution in [0.1, 0.15) is 17.0 Å². The fourth-order valence-electron chi connectivity index (χ4n) is 2.38. The number of nitrogens with zero attached hydrogens (tertiary/aromatic N) is 4. The van der Waals surface area contributed by atoms with Crippen molar-refractivity contribution in [1.29, 1.82) is 5.26 Å². The number of aromatic nitrogens is 3. The minimum Gasteiger partial charge on any atom is -0.329 e. The zero-order chi connectivity index (χ0) is 18.7. The molecule has 0 radical (unpaired) electrons. The maximum absolute atomic E-state index is 12.5. The lowest BCUT2D eigenvalue weighted by Crippen LogP contribution is -2.20. The largest absolute Gasteiger partial charge is 0.471 e. The topological polar surface area (TPSA) is 84.7 Å². The summed E-state index contributed by atoms with van der Waals surface area (Å²) in [6, 6.07) is 11.7. The van der Waals surface area contributed by atoms with Crippen LogP contribution in [0.5, 0.6) is 0 Å². The Kier molecular flexibility index (Phi) is 4.58. The van der Waals surface area contributed by atoms with Gasteiger partial charge in [-0.15, -0.1) is 0 Å². The molecule has 26 heavy (non-hydrogen) atoms. The number of hydrogen-bond donors (Lipinski definition) is 0.